The van der Waals surface area contributed by atoms with Gasteiger partial charge in [-0.3, -0.25) is 14.9 Å². The number of fused-ring (bicyclic) bond motifs is 4. The van der Waals surface area contributed by atoms with E-state index in [-0.39, 0.29) is 23.8 Å². The van der Waals surface area contributed by atoms with Crippen molar-refractivity contribution in [2.24, 2.45) is 5.92 Å². The lowest BCUT2D eigenvalue weighted by atomic mass is 9.88. The zero-order valence-electron chi connectivity index (χ0n) is 19.4. The number of hydrogen-bond donors (Lipinski definition) is 4. The van der Waals surface area contributed by atoms with E-state index in [1.165, 1.54) is 13.5 Å². The molecule has 34 heavy (non-hydrogen) atoms. The average molecular weight is 466 g/mol. The number of hydrogen-bond acceptors (Lipinski definition) is 5. The van der Waals surface area contributed by atoms with Crippen LogP contribution in [0, 0.1) is 5.92 Å². The van der Waals surface area contributed by atoms with Crippen LogP contribution in [0.5, 0.6) is 0 Å². The van der Waals surface area contributed by atoms with Crippen LogP contribution in [0.4, 0.5) is 16.2 Å². The smallest absolute Gasteiger partial charge is 0.411 e. The third-order valence-corrected chi connectivity index (χ3v) is 6.30. The van der Waals surface area contributed by atoms with Gasteiger partial charge in [-0.25, -0.2) is 9.78 Å². The topological polar surface area (TPSA) is 125 Å². The standard InChI is InChI=1S/C25H31N5O4/c1-34-25(33)27-17-12-13-18-20(14-17)28-22(31)11-7-3-6-10-19(23-26-15-21(18)29-23)30-24(32)16-8-4-2-5-9-16/h3,6,12-16,19H,2,4-5,7-11H2,1H3,(H,26,29)(H,27,33)(H,28,31)(H,30,32)/b6-3+/t19-/m0/s1. The van der Waals surface area contributed by atoms with Gasteiger partial charge in [-0.1, -0.05) is 31.4 Å². The van der Waals surface area contributed by atoms with E-state index in [4.69, 9.17) is 4.98 Å². The van der Waals surface area contributed by atoms with Crippen molar-refractivity contribution < 1.29 is 19.1 Å². The Bertz CT molecular complexity index is 1070. The van der Waals surface area contributed by atoms with Gasteiger partial charge in [0.25, 0.3) is 0 Å². The summed E-state index contributed by atoms with van der Waals surface area (Å²) in [6.07, 6.45) is 11.8. The van der Waals surface area contributed by atoms with Crippen LogP contribution in [-0.2, 0) is 14.3 Å². The fourth-order valence-electron chi connectivity index (χ4n) is 4.44. The molecule has 4 rings (SSSR count). The van der Waals surface area contributed by atoms with Crippen LogP contribution in [0.15, 0.2) is 36.5 Å². The fourth-order valence-corrected chi connectivity index (χ4v) is 4.44. The van der Waals surface area contributed by atoms with E-state index in [0.29, 0.717) is 47.7 Å². The van der Waals surface area contributed by atoms with Gasteiger partial charge in [0.05, 0.1) is 24.5 Å². The maximum atomic E-state index is 12.9. The Hall–Kier alpha value is -3.62. The van der Waals surface area contributed by atoms with Gasteiger partial charge >= 0.3 is 6.09 Å². The molecule has 1 atom stereocenters. The van der Waals surface area contributed by atoms with E-state index >= 15 is 0 Å². The van der Waals surface area contributed by atoms with Gasteiger partial charge in [0.1, 0.15) is 5.82 Å². The number of H-pyrrole nitrogens is 1. The number of imidazole rings is 1. The van der Waals surface area contributed by atoms with Gasteiger partial charge in [-0.2, -0.15) is 0 Å². The molecule has 1 aliphatic heterocycles. The van der Waals surface area contributed by atoms with Crippen molar-refractivity contribution in [1.29, 1.82) is 0 Å². The minimum atomic E-state index is -0.598. The van der Waals surface area contributed by atoms with Crippen LogP contribution in [-0.4, -0.2) is 35.0 Å². The SMILES string of the molecule is COC(=O)Nc1ccc2c(c1)NC(=O)CC/C=C/C[C@H](NC(=O)C1CCCCC1)c1nc-2c[nH]1. The number of carbonyl (C=O) groups excluding carboxylic acids is 3. The van der Waals surface area contributed by atoms with Gasteiger partial charge in [-0.15, -0.1) is 0 Å². The third kappa shape index (κ3) is 5.84. The summed E-state index contributed by atoms with van der Waals surface area (Å²) >= 11 is 0. The fraction of sp³-hybridized carbons (Fsp3) is 0.440. The summed E-state index contributed by atoms with van der Waals surface area (Å²) in [6, 6.07) is 4.90. The van der Waals surface area contributed by atoms with Gasteiger partial charge in [0, 0.05) is 29.8 Å². The van der Waals surface area contributed by atoms with Crippen LogP contribution >= 0.6 is 0 Å². The molecule has 0 spiro atoms. The van der Waals surface area contributed by atoms with Gasteiger partial charge in [0.15, 0.2) is 0 Å². The summed E-state index contributed by atoms with van der Waals surface area (Å²) in [4.78, 5) is 45.1. The maximum Gasteiger partial charge on any atom is 0.411 e. The Labute approximate surface area is 198 Å². The highest BCUT2D eigenvalue weighted by atomic mass is 16.5. The molecule has 9 heteroatoms. The molecule has 2 heterocycles. The van der Waals surface area contributed by atoms with Gasteiger partial charge in [0.2, 0.25) is 11.8 Å². The Balaban J connectivity index is 1.63. The van der Waals surface area contributed by atoms with Crippen molar-refractivity contribution in [2.45, 2.75) is 57.4 Å². The Morgan fingerprint density at radius 2 is 1.97 bits per heavy atom. The number of anilines is 2. The zero-order valence-corrected chi connectivity index (χ0v) is 19.4. The van der Waals surface area contributed by atoms with E-state index in [2.05, 4.69) is 25.7 Å². The summed E-state index contributed by atoms with van der Waals surface area (Å²) < 4.78 is 4.66. The highest BCUT2D eigenvalue weighted by molar-refractivity contribution is 5.97. The first-order valence-electron chi connectivity index (χ1n) is 11.8. The Kier molecular flexibility index (Phi) is 7.61. The second-order valence-corrected chi connectivity index (χ2v) is 8.74. The number of aromatic amines is 1. The molecule has 2 bridgehead atoms. The minimum absolute atomic E-state index is 0.0556. The molecule has 1 aliphatic carbocycles. The predicted molar refractivity (Wildman–Crippen MR) is 129 cm³/mol. The van der Waals surface area contributed by atoms with Crippen molar-refractivity contribution >= 4 is 29.3 Å². The molecule has 1 saturated carbocycles. The first-order valence-corrected chi connectivity index (χ1v) is 11.8. The molecule has 0 radical (unpaired) electrons. The lowest BCUT2D eigenvalue weighted by Gasteiger charge is -2.23. The molecular formula is C25H31N5O4. The zero-order chi connectivity index (χ0) is 23.9. The summed E-state index contributed by atoms with van der Waals surface area (Å²) in [5, 5.41) is 8.73. The number of methoxy groups -OCH3 is 1. The summed E-state index contributed by atoms with van der Waals surface area (Å²) in [5.74, 6) is 0.659. The molecule has 0 saturated heterocycles. The predicted octanol–water partition coefficient (Wildman–Crippen LogP) is 4.67. The number of ether oxygens (including phenoxy) is 1. The number of nitrogens with zero attached hydrogens (tertiary/aromatic N) is 1. The van der Waals surface area contributed by atoms with Gasteiger partial charge < -0.3 is 20.4 Å². The highest BCUT2D eigenvalue weighted by Crippen LogP contribution is 2.32. The first kappa shape index (κ1) is 23.5. The molecule has 4 N–H and O–H groups in total. The number of carbonyl (C=O) groups is 3. The molecular weight excluding hydrogens is 434 g/mol. The van der Waals surface area contributed by atoms with E-state index in [0.717, 1.165) is 25.7 Å². The number of allylic oxidation sites excluding steroid dienone is 1. The molecule has 1 aromatic heterocycles. The molecule has 180 valence electrons. The average Bonchev–Trinajstić information content (AvgIpc) is 3.33. The van der Waals surface area contributed by atoms with Crippen LogP contribution in [0.3, 0.4) is 0 Å². The quantitative estimate of drug-likeness (QED) is 0.490. The number of benzene rings is 1. The Morgan fingerprint density at radius 3 is 2.76 bits per heavy atom. The summed E-state index contributed by atoms with van der Waals surface area (Å²) in [5.41, 5.74) is 2.36. The maximum absolute atomic E-state index is 12.9. The molecule has 2 aromatic rings. The normalized spacial score (nSPS) is 19.9. The minimum Gasteiger partial charge on any atom is -0.453 e. The van der Waals surface area contributed by atoms with Crippen molar-refractivity contribution in [3.8, 4) is 11.3 Å². The highest BCUT2D eigenvalue weighted by Gasteiger charge is 2.25. The lowest BCUT2D eigenvalue weighted by Crippen LogP contribution is -2.35. The van der Waals surface area contributed by atoms with E-state index in [1.54, 1.807) is 24.4 Å². The van der Waals surface area contributed by atoms with Crippen molar-refractivity contribution in [2.75, 3.05) is 17.7 Å². The van der Waals surface area contributed by atoms with E-state index in [9.17, 15) is 14.4 Å². The van der Waals surface area contributed by atoms with E-state index in [1.807, 2.05) is 12.2 Å². The molecule has 3 amide bonds. The molecule has 9 nitrogen and oxygen atoms in total. The van der Waals surface area contributed by atoms with Crippen molar-refractivity contribution in [1.82, 2.24) is 15.3 Å². The van der Waals surface area contributed by atoms with Gasteiger partial charge in [-0.05, 0) is 43.9 Å². The van der Waals surface area contributed by atoms with Crippen molar-refractivity contribution in [3.63, 3.8) is 0 Å². The number of rotatable bonds is 3. The third-order valence-electron chi connectivity index (χ3n) is 6.30. The molecule has 1 fully saturated rings. The van der Waals surface area contributed by atoms with E-state index < -0.39 is 6.09 Å². The Morgan fingerprint density at radius 1 is 1.15 bits per heavy atom. The van der Waals surface area contributed by atoms with Crippen LogP contribution in [0.25, 0.3) is 11.3 Å². The number of nitrogens with one attached hydrogen (secondary N) is 4. The van der Waals surface area contributed by atoms with Crippen LogP contribution in [0.2, 0.25) is 0 Å². The number of amides is 3. The summed E-state index contributed by atoms with van der Waals surface area (Å²) in [6.45, 7) is 0. The largest absolute Gasteiger partial charge is 0.453 e. The molecule has 2 aliphatic rings. The summed E-state index contributed by atoms with van der Waals surface area (Å²) in [7, 11) is 1.29. The molecule has 0 unspecified atom stereocenters. The van der Waals surface area contributed by atoms with Crippen LogP contribution < -0.4 is 16.0 Å². The monoisotopic (exact) mass is 465 g/mol. The van der Waals surface area contributed by atoms with Crippen LogP contribution in [0.1, 0.15) is 63.2 Å². The second-order valence-electron chi connectivity index (χ2n) is 8.74. The second kappa shape index (κ2) is 11.0. The number of aromatic nitrogens is 2. The lowest BCUT2D eigenvalue weighted by molar-refractivity contribution is -0.126. The van der Waals surface area contributed by atoms with Crippen molar-refractivity contribution in [3.05, 3.63) is 42.4 Å². The molecule has 1 aromatic carbocycles. The first-order chi connectivity index (χ1) is 16.5.